The molecule has 0 radical (unpaired) electrons. The molecule has 1 aromatic heterocycles. The van der Waals surface area contributed by atoms with Crippen LogP contribution in [0, 0.1) is 0 Å². The number of benzene rings is 2. The second kappa shape index (κ2) is 8.55. The molecule has 140 valence electrons. The third-order valence-electron chi connectivity index (χ3n) is 3.94. The van der Waals surface area contributed by atoms with Gasteiger partial charge in [-0.05, 0) is 18.1 Å². The summed E-state index contributed by atoms with van der Waals surface area (Å²) in [7, 11) is 3.12. The summed E-state index contributed by atoms with van der Waals surface area (Å²) in [5, 5.41) is 14.9. The van der Waals surface area contributed by atoms with Gasteiger partial charge in [-0.15, -0.1) is 5.10 Å². The fraction of sp³-hybridized carbons (Fsp3) is 0.211. The number of nitrogens with one attached hydrogen (secondary N) is 2. The van der Waals surface area contributed by atoms with E-state index >= 15 is 0 Å². The quantitative estimate of drug-likeness (QED) is 0.615. The van der Waals surface area contributed by atoms with Gasteiger partial charge >= 0.3 is 0 Å². The van der Waals surface area contributed by atoms with Crippen LogP contribution in [-0.2, 0) is 6.42 Å². The summed E-state index contributed by atoms with van der Waals surface area (Å²) in [5.41, 5.74) is 2.77. The van der Waals surface area contributed by atoms with Crippen molar-refractivity contribution in [1.29, 1.82) is 0 Å². The van der Waals surface area contributed by atoms with Crippen LogP contribution in [0.25, 0.3) is 0 Å². The van der Waals surface area contributed by atoms with Gasteiger partial charge in [-0.25, -0.2) is 0 Å². The summed E-state index contributed by atoms with van der Waals surface area (Å²) in [4.78, 5) is 4.47. The molecule has 2 N–H and O–H groups in total. The summed E-state index contributed by atoms with van der Waals surface area (Å²) in [6, 6.07) is 11.4. The fourth-order valence-corrected chi connectivity index (χ4v) is 2.81. The van der Waals surface area contributed by atoms with E-state index < -0.39 is 0 Å². The average molecular weight is 386 g/mol. The van der Waals surface area contributed by atoms with Crippen LogP contribution in [0.5, 0.6) is 11.5 Å². The van der Waals surface area contributed by atoms with E-state index in [4.69, 9.17) is 21.1 Å². The zero-order chi connectivity index (χ0) is 19.2. The molecule has 0 atom stereocenters. The number of rotatable bonds is 7. The van der Waals surface area contributed by atoms with Crippen LogP contribution >= 0.6 is 11.6 Å². The topological polar surface area (TPSA) is 81.2 Å². The fourth-order valence-electron chi connectivity index (χ4n) is 2.58. The predicted molar refractivity (Wildman–Crippen MR) is 107 cm³/mol. The monoisotopic (exact) mass is 385 g/mol. The second-order valence-corrected chi connectivity index (χ2v) is 6.02. The van der Waals surface area contributed by atoms with E-state index in [9.17, 15) is 0 Å². The lowest BCUT2D eigenvalue weighted by molar-refractivity contribution is 0.405. The second-order valence-electron chi connectivity index (χ2n) is 5.61. The normalized spacial score (nSPS) is 10.4. The Kier molecular flexibility index (Phi) is 5.93. The molecular formula is C19H20ClN5O2. The van der Waals surface area contributed by atoms with Crippen LogP contribution in [0.2, 0.25) is 5.02 Å². The molecule has 3 aromatic rings. The number of methoxy groups -OCH3 is 2. The van der Waals surface area contributed by atoms with Crippen molar-refractivity contribution >= 4 is 34.7 Å². The Bertz CT molecular complexity index is 936. The van der Waals surface area contributed by atoms with Crippen LogP contribution in [-0.4, -0.2) is 29.4 Å². The third kappa shape index (κ3) is 4.38. The molecular weight excluding hydrogens is 366 g/mol. The minimum absolute atomic E-state index is 0.390. The number of hydrogen-bond donors (Lipinski definition) is 2. The molecule has 0 fully saturated rings. The molecule has 0 aliphatic rings. The number of nitrogens with zero attached hydrogens (tertiary/aromatic N) is 3. The third-order valence-corrected chi connectivity index (χ3v) is 4.24. The van der Waals surface area contributed by atoms with Crippen molar-refractivity contribution in [2.45, 2.75) is 13.3 Å². The van der Waals surface area contributed by atoms with Gasteiger partial charge < -0.3 is 20.1 Å². The molecule has 2 aromatic carbocycles. The first kappa shape index (κ1) is 18.7. The summed E-state index contributed by atoms with van der Waals surface area (Å²) < 4.78 is 10.6. The highest BCUT2D eigenvalue weighted by Gasteiger charge is 2.12. The van der Waals surface area contributed by atoms with Gasteiger partial charge in [-0.2, -0.15) is 10.1 Å². The highest BCUT2D eigenvalue weighted by molar-refractivity contribution is 6.32. The molecule has 0 amide bonds. The SMILES string of the molecule is CCc1ccccc1Nc1nncc(Nc2cc(OC)c(Cl)cc2OC)n1. The van der Waals surface area contributed by atoms with Gasteiger partial charge in [0.25, 0.3) is 0 Å². The smallest absolute Gasteiger partial charge is 0.249 e. The zero-order valence-corrected chi connectivity index (χ0v) is 16.0. The van der Waals surface area contributed by atoms with Gasteiger partial charge in [0.1, 0.15) is 11.5 Å². The molecule has 3 rings (SSSR count). The number of halogens is 1. The highest BCUT2D eigenvalue weighted by Crippen LogP contribution is 2.37. The number of aromatic nitrogens is 3. The van der Waals surface area contributed by atoms with Crippen molar-refractivity contribution in [3.8, 4) is 11.5 Å². The molecule has 0 saturated carbocycles. The molecule has 8 heteroatoms. The lowest BCUT2D eigenvalue weighted by Crippen LogP contribution is -2.04. The molecule has 27 heavy (non-hydrogen) atoms. The van der Waals surface area contributed by atoms with E-state index in [1.54, 1.807) is 26.4 Å². The first-order chi connectivity index (χ1) is 13.1. The zero-order valence-electron chi connectivity index (χ0n) is 15.3. The molecule has 0 aliphatic carbocycles. The number of para-hydroxylation sites is 1. The van der Waals surface area contributed by atoms with Crippen LogP contribution in [0.4, 0.5) is 23.1 Å². The van der Waals surface area contributed by atoms with E-state index in [0.717, 1.165) is 12.1 Å². The van der Waals surface area contributed by atoms with E-state index in [-0.39, 0.29) is 0 Å². The van der Waals surface area contributed by atoms with E-state index in [1.807, 2.05) is 18.2 Å². The van der Waals surface area contributed by atoms with Crippen molar-refractivity contribution < 1.29 is 9.47 Å². The van der Waals surface area contributed by atoms with Gasteiger partial charge in [-0.1, -0.05) is 36.7 Å². The van der Waals surface area contributed by atoms with Gasteiger partial charge in [0.05, 0.1) is 31.1 Å². The Labute approximate surface area is 162 Å². The summed E-state index contributed by atoms with van der Waals surface area (Å²) in [5.74, 6) is 1.98. The van der Waals surface area contributed by atoms with Crippen molar-refractivity contribution in [3.05, 3.63) is 53.2 Å². The summed E-state index contributed by atoms with van der Waals surface area (Å²) in [6.07, 6.45) is 2.42. The van der Waals surface area contributed by atoms with E-state index in [0.29, 0.717) is 34.0 Å². The van der Waals surface area contributed by atoms with Crippen molar-refractivity contribution in [2.75, 3.05) is 24.9 Å². The number of hydrogen-bond acceptors (Lipinski definition) is 7. The van der Waals surface area contributed by atoms with E-state index in [1.165, 1.54) is 11.8 Å². The number of anilines is 4. The standard InChI is InChI=1S/C19H20ClN5O2/c1-4-12-7-5-6-8-14(12)23-19-24-18(11-21-25-19)22-15-10-16(26-2)13(20)9-17(15)27-3/h5-11H,4H2,1-3H3,(H2,22,23,24,25). The Balaban J connectivity index is 1.86. The lowest BCUT2D eigenvalue weighted by atomic mass is 10.1. The number of aryl methyl sites for hydroxylation is 1. The van der Waals surface area contributed by atoms with Gasteiger partial charge in [0, 0.05) is 17.8 Å². The molecule has 7 nitrogen and oxygen atoms in total. The van der Waals surface area contributed by atoms with Gasteiger partial charge in [0.2, 0.25) is 5.95 Å². The molecule has 0 bridgehead atoms. The van der Waals surface area contributed by atoms with Gasteiger partial charge in [0.15, 0.2) is 5.82 Å². The minimum Gasteiger partial charge on any atom is -0.495 e. The molecule has 1 heterocycles. The van der Waals surface area contributed by atoms with Crippen LogP contribution in [0.3, 0.4) is 0 Å². The van der Waals surface area contributed by atoms with E-state index in [2.05, 4.69) is 38.8 Å². The molecule has 0 spiro atoms. The highest BCUT2D eigenvalue weighted by atomic mass is 35.5. The Morgan fingerprint density at radius 2 is 1.78 bits per heavy atom. The van der Waals surface area contributed by atoms with Crippen LogP contribution < -0.4 is 20.1 Å². The Morgan fingerprint density at radius 3 is 2.52 bits per heavy atom. The van der Waals surface area contributed by atoms with Crippen molar-refractivity contribution in [3.63, 3.8) is 0 Å². The first-order valence-electron chi connectivity index (χ1n) is 8.37. The number of ether oxygens (including phenoxy) is 2. The molecule has 0 aliphatic heterocycles. The van der Waals surface area contributed by atoms with Crippen molar-refractivity contribution in [1.82, 2.24) is 15.2 Å². The largest absolute Gasteiger partial charge is 0.495 e. The van der Waals surface area contributed by atoms with Crippen molar-refractivity contribution in [2.24, 2.45) is 0 Å². The summed E-state index contributed by atoms with van der Waals surface area (Å²) in [6.45, 7) is 2.10. The molecule has 0 unspecified atom stereocenters. The maximum Gasteiger partial charge on any atom is 0.249 e. The maximum atomic E-state index is 6.15. The summed E-state index contributed by atoms with van der Waals surface area (Å²) >= 11 is 6.15. The van der Waals surface area contributed by atoms with Crippen LogP contribution in [0.15, 0.2) is 42.6 Å². The lowest BCUT2D eigenvalue weighted by Gasteiger charge is -2.14. The first-order valence-corrected chi connectivity index (χ1v) is 8.75. The average Bonchev–Trinajstić information content (AvgIpc) is 2.69. The maximum absolute atomic E-state index is 6.15. The minimum atomic E-state index is 0.390. The Morgan fingerprint density at radius 1 is 1.00 bits per heavy atom. The predicted octanol–water partition coefficient (Wildman–Crippen LogP) is 4.59. The van der Waals surface area contributed by atoms with Gasteiger partial charge in [-0.3, -0.25) is 0 Å². The van der Waals surface area contributed by atoms with Crippen LogP contribution in [0.1, 0.15) is 12.5 Å². The molecule has 0 saturated heterocycles. The Hall–Kier alpha value is -3.06.